The zero-order valence-electron chi connectivity index (χ0n) is 18.0. The Morgan fingerprint density at radius 3 is 2.90 bits per heavy atom. The monoisotopic (exact) mass is 395 g/mol. The van der Waals surface area contributed by atoms with E-state index in [-0.39, 0.29) is 0 Å². The van der Waals surface area contributed by atoms with Crippen LogP contribution in [0.15, 0.2) is 29.8 Å². The minimum absolute atomic E-state index is 0.383. The molecule has 1 heterocycles. The maximum atomic E-state index is 9.87. The number of nitrogens with zero attached hydrogens (tertiary/aromatic N) is 1. The van der Waals surface area contributed by atoms with Gasteiger partial charge in [0.2, 0.25) is 0 Å². The van der Waals surface area contributed by atoms with E-state index in [0.717, 1.165) is 38.0 Å². The highest BCUT2D eigenvalue weighted by atomic mass is 16.5. The predicted molar refractivity (Wildman–Crippen MR) is 117 cm³/mol. The summed E-state index contributed by atoms with van der Waals surface area (Å²) in [6.45, 7) is 7.83. The van der Waals surface area contributed by atoms with Gasteiger partial charge in [-0.1, -0.05) is 24.6 Å². The highest BCUT2D eigenvalue weighted by Gasteiger charge is 2.52. The van der Waals surface area contributed by atoms with Crippen LogP contribution < -0.4 is 0 Å². The quantitative estimate of drug-likeness (QED) is 0.543. The number of ether oxygens (including phenoxy) is 1. The number of allylic oxidation sites excluding steroid dienone is 1. The average molecular weight is 396 g/mol. The molecule has 3 nitrogen and oxygen atoms in total. The van der Waals surface area contributed by atoms with Gasteiger partial charge in [-0.15, -0.1) is 0 Å². The summed E-state index contributed by atoms with van der Waals surface area (Å²) in [5, 5.41) is 9.87. The van der Waals surface area contributed by atoms with Gasteiger partial charge in [0.1, 0.15) is 5.75 Å². The SMILES string of the molecule is CC12CCC3c4ccc(O)cc4CCC3C1CCC2=CCOCCN1CCCC1. The van der Waals surface area contributed by atoms with Gasteiger partial charge in [-0.05, 0) is 111 Å². The lowest BCUT2D eigenvalue weighted by Crippen LogP contribution is -2.40. The number of aromatic hydroxyl groups is 1. The van der Waals surface area contributed by atoms with Gasteiger partial charge < -0.3 is 14.7 Å². The molecule has 0 spiro atoms. The van der Waals surface area contributed by atoms with E-state index in [0.29, 0.717) is 17.1 Å². The number of phenolic OH excluding ortho intramolecular Hbond substituents is 1. The van der Waals surface area contributed by atoms with Crippen molar-refractivity contribution in [3.8, 4) is 5.75 Å². The van der Waals surface area contributed by atoms with Gasteiger partial charge in [0.25, 0.3) is 0 Å². The van der Waals surface area contributed by atoms with Crippen LogP contribution in [0.25, 0.3) is 0 Å². The Morgan fingerprint density at radius 2 is 2.03 bits per heavy atom. The Balaban J connectivity index is 1.22. The summed E-state index contributed by atoms with van der Waals surface area (Å²) in [6, 6.07) is 6.12. The molecule has 5 rings (SSSR count). The molecule has 3 heteroatoms. The molecule has 1 aliphatic heterocycles. The predicted octanol–water partition coefficient (Wildman–Crippen LogP) is 5.29. The number of hydrogen-bond donors (Lipinski definition) is 1. The van der Waals surface area contributed by atoms with Gasteiger partial charge in [0.05, 0.1) is 13.2 Å². The van der Waals surface area contributed by atoms with E-state index < -0.39 is 0 Å². The number of fused-ring (bicyclic) bond motifs is 5. The Labute approximate surface area is 176 Å². The van der Waals surface area contributed by atoms with Crippen molar-refractivity contribution in [1.82, 2.24) is 4.90 Å². The van der Waals surface area contributed by atoms with Crippen molar-refractivity contribution < 1.29 is 9.84 Å². The molecule has 3 aliphatic carbocycles. The minimum Gasteiger partial charge on any atom is -0.508 e. The van der Waals surface area contributed by atoms with E-state index in [1.807, 2.05) is 12.1 Å². The molecule has 158 valence electrons. The zero-order valence-corrected chi connectivity index (χ0v) is 18.0. The third-order valence-electron chi connectivity index (χ3n) is 8.76. The Morgan fingerprint density at radius 1 is 1.17 bits per heavy atom. The van der Waals surface area contributed by atoms with Crippen LogP contribution in [0, 0.1) is 17.3 Å². The van der Waals surface area contributed by atoms with E-state index in [1.54, 1.807) is 5.57 Å². The van der Waals surface area contributed by atoms with Crippen molar-refractivity contribution >= 4 is 0 Å². The van der Waals surface area contributed by atoms with Crippen molar-refractivity contribution in [2.24, 2.45) is 17.3 Å². The first-order valence-corrected chi connectivity index (χ1v) is 12.0. The van der Waals surface area contributed by atoms with Crippen LogP contribution in [-0.2, 0) is 11.2 Å². The van der Waals surface area contributed by atoms with Crippen molar-refractivity contribution in [1.29, 1.82) is 0 Å². The van der Waals surface area contributed by atoms with Crippen LogP contribution in [0.4, 0.5) is 0 Å². The fourth-order valence-corrected chi connectivity index (χ4v) is 7.19. The molecule has 0 bridgehead atoms. The van der Waals surface area contributed by atoms with Crippen molar-refractivity contribution in [3.63, 3.8) is 0 Å². The van der Waals surface area contributed by atoms with Crippen LogP contribution in [0.2, 0.25) is 0 Å². The van der Waals surface area contributed by atoms with E-state index >= 15 is 0 Å². The summed E-state index contributed by atoms with van der Waals surface area (Å²) in [4.78, 5) is 2.53. The molecular weight excluding hydrogens is 358 g/mol. The molecule has 4 atom stereocenters. The van der Waals surface area contributed by atoms with Gasteiger partial charge in [-0.25, -0.2) is 0 Å². The second kappa shape index (κ2) is 8.07. The number of hydrogen-bond acceptors (Lipinski definition) is 3. The van der Waals surface area contributed by atoms with Gasteiger partial charge in [-0.3, -0.25) is 0 Å². The van der Waals surface area contributed by atoms with Gasteiger partial charge in [0, 0.05) is 6.54 Å². The largest absolute Gasteiger partial charge is 0.508 e. The first-order chi connectivity index (χ1) is 14.1. The summed E-state index contributed by atoms with van der Waals surface area (Å²) in [5.74, 6) is 2.76. The zero-order chi connectivity index (χ0) is 19.8. The van der Waals surface area contributed by atoms with Crippen molar-refractivity contribution in [3.05, 3.63) is 41.0 Å². The molecule has 1 aromatic rings. The highest BCUT2D eigenvalue weighted by Crippen LogP contribution is 2.62. The normalized spacial score (nSPS) is 35.5. The second-order valence-electron chi connectivity index (χ2n) is 10.1. The number of benzene rings is 1. The molecule has 0 amide bonds. The number of rotatable bonds is 5. The first kappa shape index (κ1) is 19.6. The number of likely N-dealkylation sites (tertiary alicyclic amines) is 1. The molecule has 1 aromatic carbocycles. The van der Waals surface area contributed by atoms with Gasteiger partial charge >= 0.3 is 0 Å². The second-order valence-corrected chi connectivity index (χ2v) is 10.1. The Bertz CT molecular complexity index is 766. The van der Waals surface area contributed by atoms with E-state index in [2.05, 4.69) is 24.0 Å². The molecule has 0 radical (unpaired) electrons. The molecule has 29 heavy (non-hydrogen) atoms. The van der Waals surface area contributed by atoms with Gasteiger partial charge in [-0.2, -0.15) is 0 Å². The lowest BCUT2D eigenvalue weighted by Gasteiger charge is -2.49. The average Bonchev–Trinajstić information content (AvgIpc) is 3.35. The molecule has 0 aromatic heterocycles. The van der Waals surface area contributed by atoms with Crippen LogP contribution in [0.5, 0.6) is 5.75 Å². The van der Waals surface area contributed by atoms with E-state index in [9.17, 15) is 5.11 Å². The summed E-state index contributed by atoms with van der Waals surface area (Å²) in [5.41, 5.74) is 4.99. The smallest absolute Gasteiger partial charge is 0.115 e. The van der Waals surface area contributed by atoms with E-state index in [1.165, 1.54) is 69.2 Å². The number of phenols is 1. The maximum absolute atomic E-state index is 9.87. The topological polar surface area (TPSA) is 32.7 Å². The molecule has 2 saturated carbocycles. The third kappa shape index (κ3) is 3.65. The van der Waals surface area contributed by atoms with Crippen molar-refractivity contribution in [2.75, 3.05) is 32.8 Å². The first-order valence-electron chi connectivity index (χ1n) is 12.0. The lowest BCUT2D eigenvalue weighted by atomic mass is 9.55. The van der Waals surface area contributed by atoms with Crippen LogP contribution in [-0.4, -0.2) is 42.9 Å². The minimum atomic E-state index is 0.383. The fraction of sp³-hybridized carbons (Fsp3) is 0.692. The molecule has 4 aliphatic rings. The van der Waals surface area contributed by atoms with Crippen LogP contribution >= 0.6 is 0 Å². The maximum Gasteiger partial charge on any atom is 0.115 e. The highest BCUT2D eigenvalue weighted by molar-refractivity contribution is 5.40. The molecule has 4 unspecified atom stereocenters. The summed E-state index contributed by atoms with van der Waals surface area (Å²) in [7, 11) is 0. The standard InChI is InChI=1S/C26H37NO2/c1-26-12-10-23-22-8-6-21(28)18-19(22)4-7-24(23)25(26)9-5-20(26)11-16-29-17-15-27-13-2-3-14-27/h6,8,11,18,23-25,28H,2-5,7,9-10,12-17H2,1H3. The van der Waals surface area contributed by atoms with Crippen molar-refractivity contribution in [2.45, 2.75) is 64.2 Å². The van der Waals surface area contributed by atoms with Crippen LogP contribution in [0.3, 0.4) is 0 Å². The summed E-state index contributed by atoms with van der Waals surface area (Å²) >= 11 is 0. The molecule has 1 N–H and O–H groups in total. The third-order valence-corrected chi connectivity index (χ3v) is 8.76. The molecule has 1 saturated heterocycles. The van der Waals surface area contributed by atoms with Gasteiger partial charge in [0.15, 0.2) is 0 Å². The van der Waals surface area contributed by atoms with Crippen LogP contribution in [0.1, 0.15) is 68.9 Å². The lowest BCUT2D eigenvalue weighted by molar-refractivity contribution is 0.0800. The molecule has 3 fully saturated rings. The fourth-order valence-electron chi connectivity index (χ4n) is 7.19. The Hall–Kier alpha value is -1.32. The number of aryl methyl sites for hydroxylation is 1. The summed E-state index contributed by atoms with van der Waals surface area (Å²) in [6.07, 6.45) is 12.8. The summed E-state index contributed by atoms with van der Waals surface area (Å²) < 4.78 is 6.00. The molecular formula is C26H37NO2. The van der Waals surface area contributed by atoms with E-state index in [4.69, 9.17) is 4.74 Å². The Kier molecular flexibility index (Phi) is 5.47.